The Balaban J connectivity index is 2.00. The predicted molar refractivity (Wildman–Crippen MR) is 73.3 cm³/mol. The van der Waals surface area contributed by atoms with Crippen molar-refractivity contribution in [2.45, 2.75) is 32.4 Å². The fourth-order valence-corrected chi connectivity index (χ4v) is 2.96. The molecule has 4 N–H and O–H groups in total. The predicted octanol–water partition coefficient (Wildman–Crippen LogP) is 1.87. The Labute approximate surface area is 107 Å². The Bertz CT molecular complexity index is 560. The minimum atomic E-state index is 0.188. The van der Waals surface area contributed by atoms with Crippen LogP contribution in [0.4, 0.5) is 0 Å². The Morgan fingerprint density at radius 2 is 2.22 bits per heavy atom. The molecule has 96 valence electrons. The van der Waals surface area contributed by atoms with Crippen LogP contribution in [-0.2, 0) is 0 Å². The van der Waals surface area contributed by atoms with Gasteiger partial charge in [-0.2, -0.15) is 5.10 Å². The Hall–Kier alpha value is -1.39. The highest BCUT2D eigenvalue weighted by atomic mass is 15.1. The van der Waals surface area contributed by atoms with Gasteiger partial charge in [0.15, 0.2) is 0 Å². The van der Waals surface area contributed by atoms with E-state index in [-0.39, 0.29) is 12.1 Å². The highest BCUT2D eigenvalue weighted by Gasteiger charge is 2.27. The second kappa shape index (κ2) is 4.37. The van der Waals surface area contributed by atoms with Gasteiger partial charge >= 0.3 is 0 Å². The van der Waals surface area contributed by atoms with Crippen molar-refractivity contribution in [2.24, 2.45) is 11.7 Å². The van der Waals surface area contributed by atoms with Crippen LogP contribution in [0.1, 0.15) is 30.5 Å². The maximum Gasteiger partial charge on any atom is 0.0653 e. The molecule has 4 nitrogen and oxygen atoms in total. The number of nitrogens with zero attached hydrogens (tertiary/aromatic N) is 1. The van der Waals surface area contributed by atoms with Crippen LogP contribution in [0.5, 0.6) is 0 Å². The first kappa shape index (κ1) is 11.7. The summed E-state index contributed by atoms with van der Waals surface area (Å²) in [6.45, 7) is 5.43. The Morgan fingerprint density at radius 3 is 3.00 bits per heavy atom. The SMILES string of the molecule is Cc1cc2cn[nH]c2cc1C1NCC(C)CC1N. The highest BCUT2D eigenvalue weighted by molar-refractivity contribution is 5.79. The molecule has 1 saturated heterocycles. The molecule has 0 spiro atoms. The van der Waals surface area contributed by atoms with Crippen LogP contribution in [0.15, 0.2) is 18.3 Å². The monoisotopic (exact) mass is 244 g/mol. The molecular weight excluding hydrogens is 224 g/mol. The van der Waals surface area contributed by atoms with Crippen LogP contribution < -0.4 is 11.1 Å². The van der Waals surface area contributed by atoms with Gasteiger partial charge in [-0.25, -0.2) is 0 Å². The molecule has 1 aromatic carbocycles. The summed E-state index contributed by atoms with van der Waals surface area (Å²) in [6, 6.07) is 4.81. The smallest absolute Gasteiger partial charge is 0.0653 e. The van der Waals surface area contributed by atoms with Crippen molar-refractivity contribution >= 4 is 10.9 Å². The number of nitrogens with one attached hydrogen (secondary N) is 2. The van der Waals surface area contributed by atoms with Crippen LogP contribution in [0.25, 0.3) is 10.9 Å². The molecule has 4 heteroatoms. The molecular formula is C14H20N4. The zero-order valence-electron chi connectivity index (χ0n) is 10.9. The van der Waals surface area contributed by atoms with Gasteiger partial charge in [-0.3, -0.25) is 5.10 Å². The lowest BCUT2D eigenvalue weighted by molar-refractivity contribution is 0.291. The second-order valence-corrected chi connectivity index (χ2v) is 5.56. The van der Waals surface area contributed by atoms with Gasteiger partial charge in [0, 0.05) is 17.5 Å². The topological polar surface area (TPSA) is 66.7 Å². The van der Waals surface area contributed by atoms with E-state index < -0.39 is 0 Å². The van der Waals surface area contributed by atoms with Gasteiger partial charge in [-0.15, -0.1) is 0 Å². The standard InChI is InChI=1S/C14H20N4/c1-8-3-12(15)14(16-6-8)11-5-13-10(4-9(11)2)7-17-18-13/h4-5,7-8,12,14,16H,3,6,15H2,1-2H3,(H,17,18). The number of hydrogen-bond acceptors (Lipinski definition) is 3. The highest BCUT2D eigenvalue weighted by Crippen LogP contribution is 2.29. The third kappa shape index (κ3) is 1.91. The van der Waals surface area contributed by atoms with Crippen LogP contribution in [-0.4, -0.2) is 22.8 Å². The Kier molecular flexibility index (Phi) is 2.84. The molecule has 0 radical (unpaired) electrons. The first-order chi connectivity index (χ1) is 8.65. The molecule has 3 unspecified atom stereocenters. The average molecular weight is 244 g/mol. The number of rotatable bonds is 1. The van der Waals surface area contributed by atoms with Gasteiger partial charge < -0.3 is 11.1 Å². The lowest BCUT2D eigenvalue weighted by Gasteiger charge is -2.34. The fourth-order valence-electron chi connectivity index (χ4n) is 2.96. The van der Waals surface area contributed by atoms with Gasteiger partial charge in [0.05, 0.1) is 11.7 Å². The first-order valence-electron chi connectivity index (χ1n) is 6.57. The lowest BCUT2D eigenvalue weighted by atomic mass is 9.86. The van der Waals surface area contributed by atoms with Crippen LogP contribution in [0.3, 0.4) is 0 Å². The van der Waals surface area contributed by atoms with E-state index in [0.29, 0.717) is 5.92 Å². The summed E-state index contributed by atoms with van der Waals surface area (Å²) in [7, 11) is 0. The summed E-state index contributed by atoms with van der Waals surface area (Å²) in [5.74, 6) is 0.660. The molecule has 3 rings (SSSR count). The lowest BCUT2D eigenvalue weighted by Crippen LogP contribution is -2.46. The third-order valence-corrected chi connectivity index (χ3v) is 3.95. The van der Waals surface area contributed by atoms with Crippen molar-refractivity contribution in [3.63, 3.8) is 0 Å². The molecule has 1 fully saturated rings. The van der Waals surface area contributed by atoms with E-state index in [2.05, 4.69) is 41.5 Å². The summed E-state index contributed by atoms with van der Waals surface area (Å²) >= 11 is 0. The minimum Gasteiger partial charge on any atom is -0.326 e. The molecule has 18 heavy (non-hydrogen) atoms. The number of hydrogen-bond donors (Lipinski definition) is 3. The molecule has 0 saturated carbocycles. The van der Waals surface area contributed by atoms with Crippen molar-refractivity contribution in [3.8, 4) is 0 Å². The van der Waals surface area contributed by atoms with Crippen molar-refractivity contribution < 1.29 is 0 Å². The summed E-state index contributed by atoms with van der Waals surface area (Å²) < 4.78 is 0. The van der Waals surface area contributed by atoms with Crippen molar-refractivity contribution in [1.82, 2.24) is 15.5 Å². The summed E-state index contributed by atoms with van der Waals surface area (Å²) in [6.07, 6.45) is 2.94. The number of benzene rings is 1. The summed E-state index contributed by atoms with van der Waals surface area (Å²) in [5.41, 5.74) is 9.97. The van der Waals surface area contributed by atoms with Gasteiger partial charge in [0.1, 0.15) is 0 Å². The number of aromatic nitrogens is 2. The zero-order chi connectivity index (χ0) is 12.7. The largest absolute Gasteiger partial charge is 0.326 e. The molecule has 0 bridgehead atoms. The first-order valence-corrected chi connectivity index (χ1v) is 6.57. The number of aromatic amines is 1. The second-order valence-electron chi connectivity index (χ2n) is 5.56. The van der Waals surface area contributed by atoms with Gasteiger partial charge in [-0.05, 0) is 49.1 Å². The van der Waals surface area contributed by atoms with Crippen molar-refractivity contribution in [3.05, 3.63) is 29.5 Å². The molecule has 3 atom stereocenters. The van der Waals surface area contributed by atoms with Crippen molar-refractivity contribution in [1.29, 1.82) is 0 Å². The third-order valence-electron chi connectivity index (χ3n) is 3.95. The zero-order valence-corrected chi connectivity index (χ0v) is 10.9. The van der Waals surface area contributed by atoms with Crippen LogP contribution in [0, 0.1) is 12.8 Å². The maximum absolute atomic E-state index is 6.30. The van der Waals surface area contributed by atoms with Crippen LogP contribution >= 0.6 is 0 Å². The molecule has 1 aliphatic rings. The van der Waals surface area contributed by atoms with E-state index in [0.717, 1.165) is 23.9 Å². The van der Waals surface area contributed by atoms with Gasteiger partial charge in [-0.1, -0.05) is 6.92 Å². The summed E-state index contributed by atoms with van der Waals surface area (Å²) in [5, 5.41) is 11.8. The van der Waals surface area contributed by atoms with E-state index in [9.17, 15) is 0 Å². The fraction of sp³-hybridized carbons (Fsp3) is 0.500. The summed E-state index contributed by atoms with van der Waals surface area (Å²) in [4.78, 5) is 0. The normalized spacial score (nSPS) is 28.7. The quantitative estimate of drug-likeness (QED) is 0.717. The van der Waals surface area contributed by atoms with E-state index in [4.69, 9.17) is 5.73 Å². The van der Waals surface area contributed by atoms with Gasteiger partial charge in [0.2, 0.25) is 0 Å². The van der Waals surface area contributed by atoms with E-state index in [1.807, 2.05) is 6.20 Å². The van der Waals surface area contributed by atoms with E-state index in [1.165, 1.54) is 11.1 Å². The molecule has 2 heterocycles. The Morgan fingerprint density at radius 1 is 1.39 bits per heavy atom. The number of aryl methyl sites for hydroxylation is 1. The van der Waals surface area contributed by atoms with Gasteiger partial charge in [0.25, 0.3) is 0 Å². The number of nitrogens with two attached hydrogens (primary N) is 1. The number of fused-ring (bicyclic) bond motifs is 1. The maximum atomic E-state index is 6.30. The van der Waals surface area contributed by atoms with Crippen LogP contribution in [0.2, 0.25) is 0 Å². The number of H-pyrrole nitrogens is 1. The molecule has 0 amide bonds. The van der Waals surface area contributed by atoms with Crippen molar-refractivity contribution in [2.75, 3.05) is 6.54 Å². The average Bonchev–Trinajstić information content (AvgIpc) is 2.75. The molecule has 1 aliphatic heterocycles. The van der Waals surface area contributed by atoms with E-state index in [1.54, 1.807) is 0 Å². The molecule has 0 aliphatic carbocycles. The minimum absolute atomic E-state index is 0.188. The molecule has 1 aromatic heterocycles. The molecule has 2 aromatic rings. The number of piperidine rings is 1. The van der Waals surface area contributed by atoms with E-state index >= 15 is 0 Å².